The maximum Gasteiger partial charge on any atom is 0.273 e. The van der Waals surface area contributed by atoms with Gasteiger partial charge in [-0.2, -0.15) is 0 Å². The van der Waals surface area contributed by atoms with Crippen molar-refractivity contribution in [2.45, 2.75) is 13.8 Å². The van der Waals surface area contributed by atoms with Crippen molar-refractivity contribution in [1.29, 1.82) is 0 Å². The van der Waals surface area contributed by atoms with E-state index in [2.05, 4.69) is 10.9 Å². The number of hydrogen-bond donors (Lipinski definition) is 2. The number of nitrogens with one attached hydrogen (secondary N) is 2. The van der Waals surface area contributed by atoms with E-state index in [1.54, 1.807) is 55.6 Å². The fraction of sp³-hybridized carbons (Fsp3) is 0.263. The van der Waals surface area contributed by atoms with Crippen LogP contribution in [0.15, 0.2) is 48.5 Å². The number of amides is 2. The average molecular weight is 342 g/mol. The van der Waals surface area contributed by atoms with E-state index < -0.39 is 11.8 Å². The summed E-state index contributed by atoms with van der Waals surface area (Å²) in [6.07, 6.45) is 0. The Morgan fingerprint density at radius 2 is 1.60 bits per heavy atom. The van der Waals surface area contributed by atoms with Crippen LogP contribution in [-0.4, -0.2) is 25.5 Å². The van der Waals surface area contributed by atoms with Gasteiger partial charge < -0.3 is 9.47 Å². The van der Waals surface area contributed by atoms with Crippen LogP contribution < -0.4 is 20.3 Å². The summed E-state index contributed by atoms with van der Waals surface area (Å²) in [6, 6.07) is 13.5. The van der Waals surface area contributed by atoms with Gasteiger partial charge in [-0.25, -0.2) is 0 Å². The van der Waals surface area contributed by atoms with Gasteiger partial charge in [0.2, 0.25) is 0 Å². The first-order chi connectivity index (χ1) is 12.0. The zero-order chi connectivity index (χ0) is 18.2. The van der Waals surface area contributed by atoms with Gasteiger partial charge >= 0.3 is 0 Å². The average Bonchev–Trinajstić information content (AvgIpc) is 2.64. The van der Waals surface area contributed by atoms with Crippen molar-refractivity contribution in [3.05, 3.63) is 59.7 Å². The molecular weight excluding hydrogens is 320 g/mol. The van der Waals surface area contributed by atoms with E-state index in [9.17, 15) is 9.59 Å². The maximum atomic E-state index is 12.3. The van der Waals surface area contributed by atoms with Crippen molar-refractivity contribution in [1.82, 2.24) is 10.9 Å². The minimum absolute atomic E-state index is 0.339. The Morgan fingerprint density at radius 1 is 0.960 bits per heavy atom. The topological polar surface area (TPSA) is 76.7 Å². The molecule has 25 heavy (non-hydrogen) atoms. The van der Waals surface area contributed by atoms with Gasteiger partial charge in [0.25, 0.3) is 11.8 Å². The third-order valence-electron chi connectivity index (χ3n) is 3.35. The summed E-state index contributed by atoms with van der Waals surface area (Å²) in [6.45, 7) is 4.55. The van der Waals surface area contributed by atoms with E-state index in [4.69, 9.17) is 9.47 Å². The molecule has 0 saturated heterocycles. The van der Waals surface area contributed by atoms with Gasteiger partial charge in [0.15, 0.2) is 0 Å². The number of ether oxygens (including phenoxy) is 2. The molecule has 6 nitrogen and oxygen atoms in total. The first kappa shape index (κ1) is 18.3. The minimum Gasteiger partial charge on any atom is -0.497 e. The first-order valence-electron chi connectivity index (χ1n) is 7.98. The van der Waals surface area contributed by atoms with E-state index in [1.165, 1.54) is 0 Å². The number of methoxy groups -OCH3 is 1. The Labute approximate surface area is 147 Å². The second kappa shape index (κ2) is 8.73. The lowest BCUT2D eigenvalue weighted by molar-refractivity contribution is 0.0844. The molecule has 0 bridgehead atoms. The third-order valence-corrected chi connectivity index (χ3v) is 3.35. The maximum absolute atomic E-state index is 12.3. The minimum atomic E-state index is -0.443. The smallest absolute Gasteiger partial charge is 0.273 e. The molecule has 2 aromatic carbocycles. The lowest BCUT2D eigenvalue weighted by atomic mass is 10.2. The molecule has 0 aliphatic carbocycles. The Balaban J connectivity index is 1.98. The van der Waals surface area contributed by atoms with Crippen LogP contribution in [0.4, 0.5) is 0 Å². The second-order valence-electron chi connectivity index (χ2n) is 5.84. The fourth-order valence-corrected chi connectivity index (χ4v) is 2.03. The van der Waals surface area contributed by atoms with Crippen LogP contribution in [-0.2, 0) is 0 Å². The van der Waals surface area contributed by atoms with Gasteiger partial charge in [-0.3, -0.25) is 20.4 Å². The summed E-state index contributed by atoms with van der Waals surface area (Å²) in [7, 11) is 1.55. The Hall–Kier alpha value is -3.02. The molecule has 2 rings (SSSR count). The summed E-state index contributed by atoms with van der Waals surface area (Å²) >= 11 is 0. The molecule has 0 aliphatic rings. The normalized spacial score (nSPS) is 10.2. The SMILES string of the molecule is COc1ccc(C(=O)NNC(=O)c2ccccc2OCC(C)C)cc1. The van der Waals surface area contributed by atoms with E-state index >= 15 is 0 Å². The highest BCUT2D eigenvalue weighted by Gasteiger charge is 2.14. The van der Waals surface area contributed by atoms with Crippen LogP contribution >= 0.6 is 0 Å². The molecule has 0 aromatic heterocycles. The van der Waals surface area contributed by atoms with E-state index in [0.717, 1.165) is 0 Å². The van der Waals surface area contributed by atoms with Gasteiger partial charge in [-0.05, 0) is 42.3 Å². The summed E-state index contributed by atoms with van der Waals surface area (Å²) < 4.78 is 10.7. The number of carbonyl (C=O) groups is 2. The lowest BCUT2D eigenvalue weighted by Crippen LogP contribution is -2.41. The van der Waals surface area contributed by atoms with Gasteiger partial charge in [0, 0.05) is 5.56 Å². The summed E-state index contributed by atoms with van der Waals surface area (Å²) in [5.74, 6) is 0.605. The molecule has 2 amide bonds. The standard InChI is InChI=1S/C19H22N2O4/c1-13(2)12-25-17-7-5-4-6-16(17)19(23)21-20-18(22)14-8-10-15(24-3)11-9-14/h4-11,13H,12H2,1-3H3,(H,20,22)(H,21,23). The van der Waals surface area contributed by atoms with Crippen molar-refractivity contribution < 1.29 is 19.1 Å². The zero-order valence-corrected chi connectivity index (χ0v) is 14.5. The highest BCUT2D eigenvalue weighted by Crippen LogP contribution is 2.18. The highest BCUT2D eigenvalue weighted by molar-refractivity contribution is 6.00. The zero-order valence-electron chi connectivity index (χ0n) is 14.5. The van der Waals surface area contributed by atoms with Crippen molar-refractivity contribution in [3.8, 4) is 11.5 Å². The van der Waals surface area contributed by atoms with E-state index in [-0.39, 0.29) is 0 Å². The molecule has 0 aliphatic heterocycles. The number of benzene rings is 2. The first-order valence-corrected chi connectivity index (χ1v) is 7.98. The van der Waals surface area contributed by atoms with Crippen LogP contribution in [0.2, 0.25) is 0 Å². The van der Waals surface area contributed by atoms with Gasteiger partial charge in [-0.1, -0.05) is 26.0 Å². The molecule has 2 N–H and O–H groups in total. The summed E-state index contributed by atoms with van der Waals surface area (Å²) in [5, 5.41) is 0. The van der Waals surface area contributed by atoms with Gasteiger partial charge in [0.1, 0.15) is 11.5 Å². The lowest BCUT2D eigenvalue weighted by Gasteiger charge is -2.13. The van der Waals surface area contributed by atoms with Crippen molar-refractivity contribution >= 4 is 11.8 Å². The monoisotopic (exact) mass is 342 g/mol. The predicted octanol–water partition coefficient (Wildman–Crippen LogP) is 2.80. The van der Waals surface area contributed by atoms with Gasteiger partial charge in [0.05, 0.1) is 19.3 Å². The molecule has 0 heterocycles. The van der Waals surface area contributed by atoms with Crippen LogP contribution in [0.3, 0.4) is 0 Å². The number of hydrogen-bond acceptors (Lipinski definition) is 4. The van der Waals surface area contributed by atoms with Crippen molar-refractivity contribution in [3.63, 3.8) is 0 Å². The third kappa shape index (κ3) is 5.24. The van der Waals surface area contributed by atoms with E-state index in [0.29, 0.717) is 35.2 Å². The largest absolute Gasteiger partial charge is 0.497 e. The van der Waals surface area contributed by atoms with Crippen molar-refractivity contribution in [2.24, 2.45) is 5.92 Å². The molecule has 0 unspecified atom stereocenters. The molecular formula is C19H22N2O4. The number of para-hydroxylation sites is 1. The van der Waals surface area contributed by atoms with Crippen LogP contribution in [0, 0.1) is 5.92 Å². The van der Waals surface area contributed by atoms with Crippen LogP contribution in [0.5, 0.6) is 11.5 Å². The number of hydrazine groups is 1. The number of carbonyl (C=O) groups excluding carboxylic acids is 2. The Kier molecular flexibility index (Phi) is 6.39. The van der Waals surface area contributed by atoms with Crippen LogP contribution in [0.1, 0.15) is 34.6 Å². The second-order valence-corrected chi connectivity index (χ2v) is 5.84. The number of rotatable bonds is 6. The molecule has 6 heteroatoms. The molecule has 0 atom stereocenters. The molecule has 0 saturated carbocycles. The van der Waals surface area contributed by atoms with E-state index in [1.807, 2.05) is 13.8 Å². The molecule has 0 spiro atoms. The van der Waals surface area contributed by atoms with Crippen molar-refractivity contribution in [2.75, 3.05) is 13.7 Å². The molecule has 0 radical (unpaired) electrons. The molecule has 0 fully saturated rings. The Morgan fingerprint density at radius 3 is 2.24 bits per heavy atom. The predicted molar refractivity (Wildman–Crippen MR) is 94.7 cm³/mol. The Bertz CT molecular complexity index is 726. The molecule has 2 aromatic rings. The quantitative estimate of drug-likeness (QED) is 0.792. The van der Waals surface area contributed by atoms with Gasteiger partial charge in [-0.15, -0.1) is 0 Å². The van der Waals surface area contributed by atoms with Crippen LogP contribution in [0.25, 0.3) is 0 Å². The summed E-state index contributed by atoms with van der Waals surface area (Å²) in [5.41, 5.74) is 5.56. The molecule has 132 valence electrons. The highest BCUT2D eigenvalue weighted by atomic mass is 16.5. The fourth-order valence-electron chi connectivity index (χ4n) is 2.03. The summed E-state index contributed by atoms with van der Waals surface area (Å²) in [4.78, 5) is 24.4.